The van der Waals surface area contributed by atoms with Crippen LogP contribution in [0.1, 0.15) is 54.9 Å². The summed E-state index contributed by atoms with van der Waals surface area (Å²) in [6, 6.07) is 7.79. The second-order valence-corrected chi connectivity index (χ2v) is 5.66. The van der Waals surface area contributed by atoms with Crippen molar-refractivity contribution in [1.82, 2.24) is 5.32 Å². The maximum Gasteiger partial charge on any atom is 0.251 e. The van der Waals surface area contributed by atoms with E-state index >= 15 is 0 Å². The number of hydrogen-bond donors (Lipinski definition) is 2. The van der Waals surface area contributed by atoms with Gasteiger partial charge >= 0.3 is 0 Å². The molecule has 1 saturated carbocycles. The summed E-state index contributed by atoms with van der Waals surface area (Å²) in [7, 11) is 0. The third kappa shape index (κ3) is 3.80. The lowest BCUT2D eigenvalue weighted by molar-refractivity contribution is 0.0937. The van der Waals surface area contributed by atoms with E-state index in [1.807, 2.05) is 24.3 Å². The summed E-state index contributed by atoms with van der Waals surface area (Å²) >= 11 is 0. The van der Waals surface area contributed by atoms with Gasteiger partial charge in [0.25, 0.3) is 5.91 Å². The Morgan fingerprint density at radius 3 is 2.42 bits per heavy atom. The smallest absolute Gasteiger partial charge is 0.251 e. The molecule has 0 radical (unpaired) electrons. The summed E-state index contributed by atoms with van der Waals surface area (Å²) in [6.07, 6.45) is 6.65. The molecule has 1 fully saturated rings. The average Bonchev–Trinajstić information content (AvgIpc) is 2.46. The number of amides is 1. The van der Waals surface area contributed by atoms with E-state index in [9.17, 15) is 4.79 Å². The molecule has 1 amide bonds. The molecule has 0 spiro atoms. The first-order valence-corrected chi connectivity index (χ1v) is 7.29. The Morgan fingerprint density at radius 2 is 1.84 bits per heavy atom. The largest absolute Gasteiger partial charge is 0.350 e. The van der Waals surface area contributed by atoms with Crippen LogP contribution in [0, 0.1) is 0 Å². The van der Waals surface area contributed by atoms with Crippen LogP contribution in [-0.4, -0.2) is 18.0 Å². The van der Waals surface area contributed by atoms with E-state index in [0.717, 1.165) is 24.8 Å². The molecule has 19 heavy (non-hydrogen) atoms. The molecule has 1 aliphatic carbocycles. The van der Waals surface area contributed by atoms with Crippen LogP contribution >= 0.6 is 0 Å². The molecule has 3 nitrogen and oxygen atoms in total. The molecular formula is C16H24N2O. The number of carbonyl (C=O) groups is 1. The number of aryl methyl sites for hydroxylation is 1. The molecule has 3 N–H and O–H groups in total. The SMILES string of the molecule is CCc1ccc(C(=O)NCC2(N)CCCCC2)cc1. The zero-order valence-electron chi connectivity index (χ0n) is 11.7. The number of nitrogens with two attached hydrogens (primary N) is 1. The van der Waals surface area contributed by atoms with Crippen LogP contribution in [0.5, 0.6) is 0 Å². The quantitative estimate of drug-likeness (QED) is 0.874. The van der Waals surface area contributed by atoms with Gasteiger partial charge in [-0.25, -0.2) is 0 Å². The van der Waals surface area contributed by atoms with Gasteiger partial charge in [0.05, 0.1) is 0 Å². The van der Waals surface area contributed by atoms with Crippen molar-refractivity contribution < 1.29 is 4.79 Å². The monoisotopic (exact) mass is 260 g/mol. The summed E-state index contributed by atoms with van der Waals surface area (Å²) in [5.41, 5.74) is 8.09. The minimum absolute atomic E-state index is 0.0157. The maximum atomic E-state index is 12.1. The fraction of sp³-hybridized carbons (Fsp3) is 0.562. The molecule has 0 aromatic heterocycles. The first-order valence-electron chi connectivity index (χ1n) is 7.29. The highest BCUT2D eigenvalue weighted by Gasteiger charge is 2.27. The lowest BCUT2D eigenvalue weighted by Crippen LogP contribution is -2.51. The molecular weight excluding hydrogens is 236 g/mol. The van der Waals surface area contributed by atoms with E-state index in [1.54, 1.807) is 0 Å². The van der Waals surface area contributed by atoms with Gasteiger partial charge in [-0.3, -0.25) is 4.79 Å². The van der Waals surface area contributed by atoms with Gasteiger partial charge in [-0.15, -0.1) is 0 Å². The van der Waals surface area contributed by atoms with Crippen LogP contribution in [0.4, 0.5) is 0 Å². The molecule has 0 atom stereocenters. The maximum absolute atomic E-state index is 12.1. The van der Waals surface area contributed by atoms with Gasteiger partial charge in [0.2, 0.25) is 0 Å². The van der Waals surface area contributed by atoms with Crippen LogP contribution in [0.25, 0.3) is 0 Å². The highest BCUT2D eigenvalue weighted by atomic mass is 16.1. The van der Waals surface area contributed by atoms with E-state index in [2.05, 4.69) is 12.2 Å². The van der Waals surface area contributed by atoms with E-state index in [-0.39, 0.29) is 11.4 Å². The van der Waals surface area contributed by atoms with Crippen molar-refractivity contribution in [3.05, 3.63) is 35.4 Å². The predicted molar refractivity (Wildman–Crippen MR) is 78.2 cm³/mol. The number of benzene rings is 1. The second kappa shape index (κ2) is 6.20. The van der Waals surface area contributed by atoms with E-state index < -0.39 is 0 Å². The molecule has 0 unspecified atom stereocenters. The highest BCUT2D eigenvalue weighted by Crippen LogP contribution is 2.25. The number of rotatable bonds is 4. The molecule has 3 heteroatoms. The summed E-state index contributed by atoms with van der Waals surface area (Å²) in [6.45, 7) is 2.69. The lowest BCUT2D eigenvalue weighted by atomic mass is 9.82. The number of carbonyl (C=O) groups excluding carboxylic acids is 1. The van der Waals surface area contributed by atoms with Gasteiger partial charge in [-0.1, -0.05) is 38.3 Å². The number of nitrogens with one attached hydrogen (secondary N) is 1. The van der Waals surface area contributed by atoms with Gasteiger partial charge in [-0.2, -0.15) is 0 Å². The summed E-state index contributed by atoms with van der Waals surface area (Å²) < 4.78 is 0. The van der Waals surface area contributed by atoms with Gasteiger partial charge in [0.15, 0.2) is 0 Å². The van der Waals surface area contributed by atoms with Crippen molar-refractivity contribution in [2.24, 2.45) is 5.73 Å². The minimum atomic E-state index is -0.197. The Bertz CT molecular complexity index is 419. The fourth-order valence-corrected chi connectivity index (χ4v) is 2.68. The third-order valence-electron chi connectivity index (χ3n) is 4.07. The fourth-order valence-electron chi connectivity index (χ4n) is 2.68. The molecule has 104 valence electrons. The minimum Gasteiger partial charge on any atom is -0.350 e. The van der Waals surface area contributed by atoms with Crippen molar-refractivity contribution in [2.75, 3.05) is 6.54 Å². The van der Waals surface area contributed by atoms with Gasteiger partial charge in [-0.05, 0) is 37.0 Å². The van der Waals surface area contributed by atoms with Crippen LogP contribution in [0.2, 0.25) is 0 Å². The van der Waals surface area contributed by atoms with Crippen LogP contribution in [0.15, 0.2) is 24.3 Å². The Labute approximate surface area is 115 Å². The van der Waals surface area contributed by atoms with Crippen molar-refractivity contribution >= 4 is 5.91 Å². The van der Waals surface area contributed by atoms with Gasteiger partial charge < -0.3 is 11.1 Å². The van der Waals surface area contributed by atoms with Crippen LogP contribution in [-0.2, 0) is 6.42 Å². The van der Waals surface area contributed by atoms with E-state index in [0.29, 0.717) is 6.54 Å². The summed E-state index contributed by atoms with van der Waals surface area (Å²) in [5, 5.41) is 2.98. The molecule has 0 saturated heterocycles. The summed E-state index contributed by atoms with van der Waals surface area (Å²) in [5.74, 6) is -0.0157. The van der Waals surface area contributed by atoms with Crippen molar-refractivity contribution in [1.29, 1.82) is 0 Å². The Hall–Kier alpha value is -1.35. The molecule has 1 aliphatic rings. The van der Waals surface area contributed by atoms with Crippen LogP contribution < -0.4 is 11.1 Å². The Morgan fingerprint density at radius 1 is 1.21 bits per heavy atom. The number of hydrogen-bond acceptors (Lipinski definition) is 2. The molecule has 1 aromatic carbocycles. The van der Waals surface area contributed by atoms with E-state index in [1.165, 1.54) is 24.8 Å². The summed E-state index contributed by atoms with van der Waals surface area (Å²) in [4.78, 5) is 12.1. The zero-order chi connectivity index (χ0) is 13.7. The van der Waals surface area contributed by atoms with Crippen molar-refractivity contribution in [2.45, 2.75) is 51.0 Å². The Balaban J connectivity index is 1.89. The molecule has 2 rings (SSSR count). The Kier molecular flexibility index (Phi) is 4.59. The zero-order valence-corrected chi connectivity index (χ0v) is 11.7. The standard InChI is InChI=1S/C16H24N2O/c1-2-13-6-8-14(9-7-13)15(19)18-12-16(17)10-4-3-5-11-16/h6-9H,2-5,10-12,17H2,1H3,(H,18,19). The van der Waals surface area contributed by atoms with Crippen molar-refractivity contribution in [3.8, 4) is 0 Å². The average molecular weight is 260 g/mol. The second-order valence-electron chi connectivity index (χ2n) is 5.66. The van der Waals surface area contributed by atoms with Gasteiger partial charge in [0, 0.05) is 17.6 Å². The molecule has 0 heterocycles. The lowest BCUT2D eigenvalue weighted by Gasteiger charge is -2.33. The molecule has 1 aromatic rings. The normalized spacial score (nSPS) is 18.0. The van der Waals surface area contributed by atoms with Crippen molar-refractivity contribution in [3.63, 3.8) is 0 Å². The predicted octanol–water partition coefficient (Wildman–Crippen LogP) is 2.64. The third-order valence-corrected chi connectivity index (χ3v) is 4.07. The molecule has 0 aliphatic heterocycles. The first-order chi connectivity index (χ1) is 9.13. The first kappa shape index (κ1) is 14.1. The highest BCUT2D eigenvalue weighted by molar-refractivity contribution is 5.94. The topological polar surface area (TPSA) is 55.1 Å². The van der Waals surface area contributed by atoms with E-state index in [4.69, 9.17) is 5.73 Å². The molecule has 0 bridgehead atoms. The van der Waals surface area contributed by atoms with Gasteiger partial charge in [0.1, 0.15) is 0 Å². The van der Waals surface area contributed by atoms with Crippen LogP contribution in [0.3, 0.4) is 0 Å².